The summed E-state index contributed by atoms with van der Waals surface area (Å²) in [4.78, 5) is 23.6. The van der Waals surface area contributed by atoms with Gasteiger partial charge in [-0.15, -0.1) is 0 Å². The number of pyridine rings is 1. The Hall–Kier alpha value is -3.04. The Bertz CT molecular complexity index is 1060. The number of hydrogen-bond acceptors (Lipinski definition) is 7. The van der Waals surface area contributed by atoms with E-state index in [1.165, 1.54) is 29.7 Å². The lowest BCUT2D eigenvalue weighted by Gasteiger charge is -2.36. The molecule has 0 saturated carbocycles. The van der Waals surface area contributed by atoms with E-state index < -0.39 is 0 Å². The molecule has 0 bridgehead atoms. The van der Waals surface area contributed by atoms with E-state index in [2.05, 4.69) is 20.2 Å². The molecule has 7 nitrogen and oxygen atoms in total. The van der Waals surface area contributed by atoms with Crippen LogP contribution in [0.3, 0.4) is 0 Å². The molecule has 0 unspecified atom stereocenters. The van der Waals surface area contributed by atoms with Crippen molar-refractivity contribution < 1.29 is 18.7 Å². The standard InChI is InChI=1S/C23H25FN4O3S/c1-15(28-10-4-5-17(14-28)16-8-9-20(30-2)25-12-16)22(29)27-23-26-13-21(32-23)31-19-7-3-6-18(24)11-19/h3,6-9,11-13,15,17H,4-5,10,14H2,1-2H3,(H,26,27,29)/t15-,17-/m1/s1. The van der Waals surface area contributed by atoms with E-state index in [1.54, 1.807) is 19.2 Å². The van der Waals surface area contributed by atoms with Crippen LogP contribution in [0.2, 0.25) is 0 Å². The average molecular weight is 457 g/mol. The second-order valence-corrected chi connectivity index (χ2v) is 8.67. The molecule has 1 fully saturated rings. The number of nitrogens with one attached hydrogen (secondary N) is 1. The van der Waals surface area contributed by atoms with Crippen LogP contribution in [0.5, 0.6) is 16.7 Å². The van der Waals surface area contributed by atoms with Crippen molar-refractivity contribution in [2.24, 2.45) is 0 Å². The van der Waals surface area contributed by atoms with Crippen molar-refractivity contribution in [2.45, 2.75) is 31.7 Å². The van der Waals surface area contributed by atoms with Crippen LogP contribution in [0, 0.1) is 5.82 Å². The average Bonchev–Trinajstić information content (AvgIpc) is 3.25. The molecule has 1 aromatic carbocycles. The van der Waals surface area contributed by atoms with E-state index >= 15 is 0 Å². The minimum atomic E-state index is -0.375. The minimum Gasteiger partial charge on any atom is -0.481 e. The van der Waals surface area contributed by atoms with E-state index in [9.17, 15) is 9.18 Å². The molecule has 9 heteroatoms. The van der Waals surface area contributed by atoms with Gasteiger partial charge in [-0.2, -0.15) is 0 Å². The van der Waals surface area contributed by atoms with Gasteiger partial charge in [-0.05, 0) is 49.9 Å². The molecular weight excluding hydrogens is 431 g/mol. The van der Waals surface area contributed by atoms with Crippen LogP contribution < -0.4 is 14.8 Å². The van der Waals surface area contributed by atoms with Crippen LogP contribution in [0.25, 0.3) is 0 Å². The first-order valence-electron chi connectivity index (χ1n) is 10.5. The number of halogens is 1. The van der Waals surface area contributed by atoms with Gasteiger partial charge in [0.15, 0.2) is 5.13 Å². The fourth-order valence-electron chi connectivity index (χ4n) is 3.77. The molecule has 1 aliphatic heterocycles. The zero-order chi connectivity index (χ0) is 22.5. The fraction of sp³-hybridized carbons (Fsp3) is 0.348. The van der Waals surface area contributed by atoms with Gasteiger partial charge in [0.1, 0.15) is 11.6 Å². The van der Waals surface area contributed by atoms with Crippen LogP contribution in [-0.4, -0.2) is 47.0 Å². The molecule has 2 atom stereocenters. The molecule has 3 heterocycles. The summed E-state index contributed by atoms with van der Waals surface area (Å²) in [6.07, 6.45) is 5.44. The fourth-order valence-corrected chi connectivity index (χ4v) is 4.46. The lowest BCUT2D eigenvalue weighted by Crippen LogP contribution is -2.46. The molecule has 1 saturated heterocycles. The van der Waals surface area contributed by atoms with Crippen LogP contribution in [0.1, 0.15) is 31.2 Å². The molecule has 0 radical (unpaired) electrons. The molecule has 1 aliphatic rings. The van der Waals surface area contributed by atoms with Gasteiger partial charge in [-0.1, -0.05) is 23.5 Å². The number of amides is 1. The second-order valence-electron chi connectivity index (χ2n) is 7.68. The third kappa shape index (κ3) is 5.41. The quantitative estimate of drug-likeness (QED) is 0.556. The Morgan fingerprint density at radius 1 is 1.28 bits per heavy atom. The van der Waals surface area contributed by atoms with E-state index in [1.807, 2.05) is 25.3 Å². The number of methoxy groups -OCH3 is 1. The summed E-state index contributed by atoms with van der Waals surface area (Å²) >= 11 is 1.20. The summed E-state index contributed by atoms with van der Waals surface area (Å²) in [6.45, 7) is 3.55. The smallest absolute Gasteiger partial charge is 0.243 e. The summed E-state index contributed by atoms with van der Waals surface area (Å²) in [5.74, 6) is 0.805. The Balaban J connectivity index is 1.34. The molecule has 168 valence electrons. The van der Waals surface area contributed by atoms with Crippen molar-refractivity contribution in [1.82, 2.24) is 14.9 Å². The number of hydrogen-bond donors (Lipinski definition) is 1. The SMILES string of the molecule is COc1ccc([C@@H]2CCCN([C@H](C)C(=O)Nc3ncc(Oc4cccc(F)c4)s3)C2)cn1. The maximum Gasteiger partial charge on any atom is 0.243 e. The summed E-state index contributed by atoms with van der Waals surface area (Å²) < 4.78 is 24.1. The highest BCUT2D eigenvalue weighted by Crippen LogP contribution is 2.31. The predicted octanol–water partition coefficient (Wildman–Crippen LogP) is 4.68. The van der Waals surface area contributed by atoms with Crippen LogP contribution in [0.15, 0.2) is 48.8 Å². The molecule has 3 aromatic rings. The lowest BCUT2D eigenvalue weighted by atomic mass is 9.91. The van der Waals surface area contributed by atoms with Crippen molar-refractivity contribution in [2.75, 3.05) is 25.5 Å². The Kier molecular flexibility index (Phi) is 6.96. The molecular formula is C23H25FN4O3S. The number of benzene rings is 1. The molecule has 0 spiro atoms. The summed E-state index contributed by atoms with van der Waals surface area (Å²) in [6, 6.07) is 9.49. The monoisotopic (exact) mass is 456 g/mol. The predicted molar refractivity (Wildman–Crippen MR) is 121 cm³/mol. The number of nitrogens with zero attached hydrogens (tertiary/aromatic N) is 3. The normalized spacial score (nSPS) is 17.5. The molecule has 32 heavy (non-hydrogen) atoms. The second kappa shape index (κ2) is 10.1. The van der Waals surface area contributed by atoms with Crippen molar-refractivity contribution in [1.29, 1.82) is 0 Å². The molecule has 2 aromatic heterocycles. The summed E-state index contributed by atoms with van der Waals surface area (Å²) in [5, 5.41) is 3.79. The number of rotatable bonds is 7. The lowest BCUT2D eigenvalue weighted by molar-refractivity contribution is -0.121. The van der Waals surface area contributed by atoms with Gasteiger partial charge in [0.25, 0.3) is 0 Å². The van der Waals surface area contributed by atoms with Crippen LogP contribution >= 0.6 is 11.3 Å². The number of thiazole rings is 1. The Labute approximate surface area is 190 Å². The number of likely N-dealkylation sites (tertiary alicyclic amines) is 1. The van der Waals surface area contributed by atoms with Gasteiger partial charge in [-0.25, -0.2) is 14.4 Å². The topological polar surface area (TPSA) is 76.6 Å². The number of anilines is 1. The Morgan fingerprint density at radius 2 is 2.16 bits per heavy atom. The first-order valence-corrected chi connectivity index (χ1v) is 11.3. The number of ether oxygens (including phenoxy) is 2. The van der Waals surface area contributed by atoms with Crippen LogP contribution in [0.4, 0.5) is 9.52 Å². The van der Waals surface area contributed by atoms with Gasteiger partial charge < -0.3 is 14.8 Å². The zero-order valence-electron chi connectivity index (χ0n) is 18.0. The first kappa shape index (κ1) is 22.2. The van der Waals surface area contributed by atoms with E-state index in [-0.39, 0.29) is 17.8 Å². The maximum absolute atomic E-state index is 13.3. The minimum absolute atomic E-state index is 0.120. The molecule has 0 aliphatic carbocycles. The first-order chi connectivity index (χ1) is 15.5. The third-order valence-electron chi connectivity index (χ3n) is 5.55. The third-order valence-corrected chi connectivity index (χ3v) is 6.34. The van der Waals surface area contributed by atoms with Gasteiger partial charge in [0.2, 0.25) is 16.9 Å². The highest BCUT2D eigenvalue weighted by Gasteiger charge is 2.28. The van der Waals surface area contributed by atoms with Crippen molar-refractivity contribution in [3.8, 4) is 16.7 Å². The molecule has 1 amide bonds. The van der Waals surface area contributed by atoms with Gasteiger partial charge >= 0.3 is 0 Å². The largest absolute Gasteiger partial charge is 0.481 e. The summed E-state index contributed by atoms with van der Waals surface area (Å²) in [5.41, 5.74) is 1.15. The highest BCUT2D eigenvalue weighted by atomic mass is 32.1. The molecule has 4 rings (SSSR count). The van der Waals surface area contributed by atoms with Gasteiger partial charge in [0, 0.05) is 24.9 Å². The number of carbonyl (C=O) groups is 1. The number of piperidine rings is 1. The van der Waals surface area contributed by atoms with Crippen molar-refractivity contribution in [3.05, 3.63) is 60.2 Å². The van der Waals surface area contributed by atoms with Gasteiger partial charge in [-0.3, -0.25) is 9.69 Å². The van der Waals surface area contributed by atoms with Gasteiger partial charge in [0.05, 0.1) is 19.3 Å². The Morgan fingerprint density at radius 3 is 2.91 bits per heavy atom. The van der Waals surface area contributed by atoms with E-state index in [4.69, 9.17) is 9.47 Å². The zero-order valence-corrected chi connectivity index (χ0v) is 18.8. The highest BCUT2D eigenvalue weighted by molar-refractivity contribution is 7.17. The van der Waals surface area contributed by atoms with Crippen molar-refractivity contribution >= 4 is 22.4 Å². The number of carbonyl (C=O) groups excluding carboxylic acids is 1. The number of aromatic nitrogens is 2. The van der Waals surface area contributed by atoms with E-state index in [0.717, 1.165) is 31.5 Å². The summed E-state index contributed by atoms with van der Waals surface area (Å²) in [7, 11) is 1.60. The van der Waals surface area contributed by atoms with Crippen LogP contribution in [-0.2, 0) is 4.79 Å². The van der Waals surface area contributed by atoms with E-state index in [0.29, 0.717) is 27.7 Å². The molecule has 1 N–H and O–H groups in total. The van der Waals surface area contributed by atoms with Crippen molar-refractivity contribution in [3.63, 3.8) is 0 Å². The maximum atomic E-state index is 13.3.